The molecule has 8 unspecified atom stereocenters. The Morgan fingerprint density at radius 2 is 0.990 bits per heavy atom. The molecule has 0 saturated carbocycles. The van der Waals surface area contributed by atoms with Crippen LogP contribution in [-0.4, -0.2) is 166 Å². The number of rotatable bonds is 30. The number of nitrogens with zero attached hydrogens (tertiary/aromatic N) is 4. The van der Waals surface area contributed by atoms with Crippen molar-refractivity contribution in [3.63, 3.8) is 0 Å². The smallest absolute Gasteiger partial charge is 0.790 e. The number of alkyl carbamates (subject to hydrolysis) is 2. The predicted molar refractivity (Wildman–Crippen MR) is 339 cm³/mol. The molecule has 4 saturated heterocycles. The van der Waals surface area contributed by atoms with Crippen LogP contribution in [-0.2, 0) is 79.5 Å². The van der Waals surface area contributed by atoms with Gasteiger partial charge < -0.3 is 81.4 Å². The van der Waals surface area contributed by atoms with Gasteiger partial charge >= 0.3 is 71.3 Å². The van der Waals surface area contributed by atoms with Crippen molar-refractivity contribution in [1.82, 2.24) is 19.2 Å². The first kappa shape index (κ1) is 80.9. The average molecular weight is 1460 g/mol. The molecule has 98 heavy (non-hydrogen) atoms. The maximum Gasteiger partial charge on any atom is 1.00 e. The molecule has 6 aliphatic rings. The van der Waals surface area contributed by atoms with Crippen LogP contribution in [0.5, 0.6) is 23.0 Å². The monoisotopic (exact) mass is 1460 g/mol. The van der Waals surface area contributed by atoms with Crippen molar-refractivity contribution in [3.05, 3.63) is 108 Å². The Balaban J connectivity index is 0.000000270. The first-order valence-electron chi connectivity index (χ1n) is 31.4. The van der Waals surface area contributed by atoms with Gasteiger partial charge in [-0.2, -0.15) is 19.1 Å². The molecule has 6 heterocycles. The zero-order chi connectivity index (χ0) is 69.1. The Morgan fingerprint density at radius 1 is 0.602 bits per heavy atom. The van der Waals surface area contributed by atoms with E-state index in [4.69, 9.17) is 56.4 Å². The molecular weight excluding hydrogens is 1380 g/mol. The van der Waals surface area contributed by atoms with E-state index in [0.29, 0.717) is 61.7 Å². The van der Waals surface area contributed by atoms with Crippen molar-refractivity contribution >= 4 is 47.4 Å². The Hall–Kier alpha value is -4.44. The van der Waals surface area contributed by atoms with Gasteiger partial charge in [-0.1, -0.05) is 88.4 Å². The number of hydrogen-bond donors (Lipinski definition) is 2. The summed E-state index contributed by atoms with van der Waals surface area (Å²) in [4.78, 5) is 51.0. The molecule has 0 bridgehead atoms. The third kappa shape index (κ3) is 22.8. The van der Waals surface area contributed by atoms with Crippen LogP contribution < -0.4 is 98.5 Å². The summed E-state index contributed by atoms with van der Waals surface area (Å²) >= 11 is 0. The SMILES string of the molecule is CC(C)(CCC#N)CN(CC(OP(=O)([O-])[O-])[C@H](Cc1ccccc1)NC(=O)OC1COC2OCCC12)S(=O)(=O)c1ccc2c(c1)OCO2.CC(C)(CCC#N)CN(CC(OP(C)(C)=O)[C@H](Cc1ccccc1)NC(=O)OC1COC2OCCC12)S(=O)(=O)c1ccc2c(c1)OCO2.[Na+].[Na+]. The molecule has 0 radical (unpaired) electrons. The van der Waals surface area contributed by atoms with Crippen molar-refractivity contribution < 1.29 is 161 Å². The molecule has 2 N–H and O–H groups in total. The number of carbonyl (C=O) groups is 2. The molecule has 28 nitrogen and oxygen atoms in total. The fourth-order valence-corrected chi connectivity index (χ4v) is 16.9. The van der Waals surface area contributed by atoms with Crippen LogP contribution in [0.2, 0.25) is 0 Å². The quantitative estimate of drug-likeness (QED) is 0.0539. The number of fused-ring (bicyclic) bond motifs is 4. The second-order valence-corrected chi connectivity index (χ2v) is 33.8. The van der Waals surface area contributed by atoms with Crippen LogP contribution in [0.1, 0.15) is 77.3 Å². The van der Waals surface area contributed by atoms with Crippen LogP contribution in [0, 0.1) is 45.3 Å². The van der Waals surface area contributed by atoms with Crippen molar-refractivity contribution in [1.29, 1.82) is 10.5 Å². The number of sulfonamides is 2. The second-order valence-electron chi connectivity index (χ2n) is 26.1. The number of ether oxygens (including phenoxy) is 10. The molecular formula is C64H82N6Na2O22P2S2. The number of carbonyl (C=O) groups excluding carboxylic acids is 2. The molecule has 6 aliphatic heterocycles. The Kier molecular flexibility index (Phi) is 29.4. The Bertz CT molecular complexity index is 3510. The van der Waals surface area contributed by atoms with E-state index in [1.54, 1.807) is 44.2 Å². The van der Waals surface area contributed by atoms with Crippen molar-refractivity contribution in [3.8, 4) is 35.1 Å². The molecule has 0 aromatic heterocycles. The van der Waals surface area contributed by atoms with Gasteiger partial charge in [0.2, 0.25) is 33.6 Å². The van der Waals surface area contributed by atoms with Gasteiger partial charge in [0.25, 0.3) is 0 Å². The molecule has 10 rings (SSSR count). The minimum Gasteiger partial charge on any atom is -0.790 e. The van der Waals surface area contributed by atoms with E-state index < -0.39 is 114 Å². The summed E-state index contributed by atoms with van der Waals surface area (Å²) in [6.07, 6.45) is -3.91. The molecule has 10 atom stereocenters. The standard InChI is InChI=1S/C33H44N3O10PS.C31H40N3O12PS.2Na/c1-33(2,14-8-15-34)21-36(48(39,40)24-11-12-27-28(18-24)44-22-43-27)19-29(46-47(3,4)38)26(17-23-9-6-5-7-10-23)35-32(37)45-30-20-42-31-25(30)13-16-41-31;1-31(2,12-6-13-32)19-34(48(39,40)22-9-10-25-26(16-22)44-20-43-25)17-27(46-47(36,37)38)24(15-21-7-4-3-5-8-21)33-30(35)45-28-18-42-29-23(28)11-14-41-29;;/h5-7,9-12,18,25-26,29-31H,8,13-14,16-17,19-22H2,1-4H3,(H,35,37);3-5,7-10,16,23-24,27-29H,6,11-12,14-15,17-20H2,1-2H3,(H,33,35)(H2,36,37,38);;/q;;2*+1/p-2/t25?,26-,29?,30?,31?;23?,24-,27?,28?,29?;;/m00../s1. The number of phosphoric acid groups is 1. The third-order valence-electron chi connectivity index (χ3n) is 17.0. The molecule has 2 amide bonds. The van der Waals surface area contributed by atoms with Gasteiger partial charge in [0.05, 0.1) is 92.3 Å². The van der Waals surface area contributed by atoms with E-state index in [-0.39, 0.29) is 159 Å². The van der Waals surface area contributed by atoms with Gasteiger partial charge in [0.15, 0.2) is 42.9 Å². The summed E-state index contributed by atoms with van der Waals surface area (Å²) in [5.41, 5.74) is 0.0592. The molecule has 0 aliphatic carbocycles. The number of amides is 2. The van der Waals surface area contributed by atoms with E-state index in [9.17, 15) is 55.9 Å². The maximum atomic E-state index is 14.4. The van der Waals surface area contributed by atoms with Gasteiger partial charge in [-0.25, -0.2) is 26.4 Å². The third-order valence-corrected chi connectivity index (χ3v) is 21.9. The van der Waals surface area contributed by atoms with Gasteiger partial charge in [0.1, 0.15) is 12.2 Å². The number of benzene rings is 4. The van der Waals surface area contributed by atoms with Crippen molar-refractivity contribution in [2.75, 3.05) is 79.5 Å². The van der Waals surface area contributed by atoms with Crippen LogP contribution >= 0.6 is 15.2 Å². The first-order valence-corrected chi connectivity index (χ1v) is 38.3. The molecule has 4 fully saturated rings. The predicted octanol–water partition coefficient (Wildman–Crippen LogP) is 0.815. The Labute approximate surface area is 616 Å². The molecule has 4 aromatic carbocycles. The zero-order valence-electron chi connectivity index (χ0n) is 56.2. The number of hydrogen-bond acceptors (Lipinski definition) is 24. The minimum atomic E-state index is -5.76. The second kappa shape index (κ2) is 35.6. The number of nitrogens with one attached hydrogen (secondary N) is 2. The van der Waals surface area contributed by atoms with E-state index in [1.165, 1.54) is 54.0 Å². The Morgan fingerprint density at radius 3 is 1.37 bits per heavy atom. The first-order chi connectivity index (χ1) is 45.5. The van der Waals surface area contributed by atoms with E-state index in [0.717, 1.165) is 9.87 Å². The van der Waals surface area contributed by atoms with Crippen LogP contribution in [0.25, 0.3) is 0 Å². The molecule has 34 heteroatoms. The fourth-order valence-electron chi connectivity index (χ4n) is 12.2. The van der Waals surface area contributed by atoms with Gasteiger partial charge in [-0.15, -0.1) is 0 Å². The van der Waals surface area contributed by atoms with E-state index >= 15 is 0 Å². The summed E-state index contributed by atoms with van der Waals surface area (Å²) in [7, 11) is -17.7. The van der Waals surface area contributed by atoms with Crippen LogP contribution in [0.4, 0.5) is 9.59 Å². The average Bonchev–Trinajstić information content (AvgIpc) is 0.818. The summed E-state index contributed by atoms with van der Waals surface area (Å²) in [5, 5.41) is 24.1. The fraction of sp³-hybridized carbons (Fsp3) is 0.562. The summed E-state index contributed by atoms with van der Waals surface area (Å²) in [6, 6.07) is 28.5. The summed E-state index contributed by atoms with van der Waals surface area (Å²) in [6.45, 7) is 10.2. The largest absolute Gasteiger partial charge is 1.00 e. The van der Waals surface area contributed by atoms with Gasteiger partial charge in [0, 0.05) is 64.5 Å². The van der Waals surface area contributed by atoms with E-state index in [1.807, 2.05) is 44.2 Å². The van der Waals surface area contributed by atoms with E-state index in [2.05, 4.69) is 22.8 Å². The maximum absolute atomic E-state index is 14.4. The van der Waals surface area contributed by atoms with Crippen molar-refractivity contribution in [2.24, 2.45) is 22.7 Å². The van der Waals surface area contributed by atoms with Gasteiger partial charge in [-0.3, -0.25) is 4.57 Å². The summed E-state index contributed by atoms with van der Waals surface area (Å²) in [5.74, 6) is 1.02. The van der Waals surface area contributed by atoms with Crippen LogP contribution in [0.15, 0.2) is 107 Å². The normalized spacial score (nSPS) is 21.3. The zero-order valence-corrected chi connectivity index (χ0v) is 63.6. The van der Waals surface area contributed by atoms with Gasteiger partial charge in [-0.05, 0) is 84.7 Å². The topological polar surface area (TPSA) is 372 Å². The number of nitriles is 2. The molecule has 0 spiro atoms. The minimum absolute atomic E-state index is 0. The summed E-state index contributed by atoms with van der Waals surface area (Å²) < 4.78 is 152. The number of phosphoric ester groups is 1. The van der Waals surface area contributed by atoms with Crippen LogP contribution in [0.3, 0.4) is 0 Å². The van der Waals surface area contributed by atoms with Crippen molar-refractivity contribution in [2.45, 2.75) is 138 Å². The molecule has 524 valence electrons. The molecule has 4 aromatic rings.